The Hall–Kier alpha value is -4.95. The molecule has 0 aliphatic heterocycles. The summed E-state index contributed by atoms with van der Waals surface area (Å²) in [5.74, 6) is -1.20. The number of carbonyl (C=O) groups is 3. The van der Waals surface area contributed by atoms with Gasteiger partial charge in [0.05, 0.1) is 6.04 Å². The molecular formula is C33H32N4O4. The Kier molecular flexibility index (Phi) is 8.12. The number of H-pyrrole nitrogens is 1. The highest BCUT2D eigenvalue weighted by Crippen LogP contribution is 2.21. The van der Waals surface area contributed by atoms with Crippen molar-refractivity contribution in [1.29, 1.82) is 0 Å². The van der Waals surface area contributed by atoms with Gasteiger partial charge in [-0.05, 0) is 46.9 Å². The summed E-state index contributed by atoms with van der Waals surface area (Å²) in [5.41, 5.74) is 8.30. The van der Waals surface area contributed by atoms with Gasteiger partial charge in [0, 0.05) is 23.5 Å². The van der Waals surface area contributed by atoms with E-state index in [-0.39, 0.29) is 19.4 Å². The number of fused-ring (bicyclic) bond motifs is 2. The monoisotopic (exact) mass is 548 g/mol. The number of aromatic amines is 1. The number of carbonyl (C=O) groups excluding carboxylic acids is 3. The van der Waals surface area contributed by atoms with E-state index in [0.29, 0.717) is 0 Å². The van der Waals surface area contributed by atoms with Crippen LogP contribution >= 0.6 is 0 Å². The van der Waals surface area contributed by atoms with Crippen LogP contribution in [0.4, 0.5) is 4.79 Å². The molecular weight excluding hydrogens is 516 g/mol. The van der Waals surface area contributed by atoms with Crippen molar-refractivity contribution in [3.63, 3.8) is 0 Å². The number of hydrogen-bond acceptors (Lipinski definition) is 5. The maximum absolute atomic E-state index is 13.5. The zero-order valence-corrected chi connectivity index (χ0v) is 22.7. The second kappa shape index (κ2) is 12.1. The molecule has 4 aromatic carbocycles. The fourth-order valence-corrected chi connectivity index (χ4v) is 5.01. The molecule has 0 saturated heterocycles. The van der Waals surface area contributed by atoms with E-state index in [0.717, 1.165) is 38.4 Å². The van der Waals surface area contributed by atoms with E-state index in [1.54, 1.807) is 6.92 Å². The first-order chi connectivity index (χ1) is 19.8. The third-order valence-electron chi connectivity index (χ3n) is 7.21. The molecule has 8 nitrogen and oxygen atoms in total. The third-order valence-corrected chi connectivity index (χ3v) is 7.21. The Morgan fingerprint density at radius 2 is 1.54 bits per heavy atom. The molecule has 0 spiro atoms. The van der Waals surface area contributed by atoms with Crippen molar-refractivity contribution in [2.75, 3.05) is 0 Å². The molecule has 1 heterocycles. The molecule has 0 unspecified atom stereocenters. The molecule has 3 amide bonds. The highest BCUT2D eigenvalue weighted by Gasteiger charge is 2.37. The van der Waals surface area contributed by atoms with Crippen LogP contribution in [0.5, 0.6) is 0 Å². The lowest BCUT2D eigenvalue weighted by Crippen LogP contribution is -2.61. The molecule has 41 heavy (non-hydrogen) atoms. The Balaban J connectivity index is 1.28. The van der Waals surface area contributed by atoms with Crippen LogP contribution in [0.25, 0.3) is 21.7 Å². The number of alkyl carbamates (subject to hydrolysis) is 1. The lowest BCUT2D eigenvalue weighted by Gasteiger charge is -2.30. The minimum atomic E-state index is -1.48. The second-order valence-corrected chi connectivity index (χ2v) is 10.3. The molecule has 208 valence electrons. The topological polar surface area (TPSA) is 126 Å². The van der Waals surface area contributed by atoms with Crippen LogP contribution in [0, 0.1) is 0 Å². The quantitative estimate of drug-likeness (QED) is 0.211. The zero-order valence-electron chi connectivity index (χ0n) is 22.7. The molecule has 5 aromatic rings. The Bertz CT molecular complexity index is 1690. The minimum absolute atomic E-state index is 0.0162. The summed E-state index contributed by atoms with van der Waals surface area (Å²) in [5, 5.41) is 8.08. The minimum Gasteiger partial charge on any atom is -0.444 e. The van der Waals surface area contributed by atoms with E-state index < -0.39 is 29.5 Å². The number of imide groups is 1. The van der Waals surface area contributed by atoms with Crippen molar-refractivity contribution < 1.29 is 19.1 Å². The highest BCUT2D eigenvalue weighted by molar-refractivity contribution is 6.00. The van der Waals surface area contributed by atoms with Gasteiger partial charge < -0.3 is 20.8 Å². The number of nitrogens with two attached hydrogens (primary N) is 1. The smallest absolute Gasteiger partial charge is 0.414 e. The average Bonchev–Trinajstić information content (AvgIpc) is 3.39. The predicted molar refractivity (Wildman–Crippen MR) is 159 cm³/mol. The predicted octanol–water partition coefficient (Wildman–Crippen LogP) is 4.76. The van der Waals surface area contributed by atoms with Gasteiger partial charge in [0.15, 0.2) is 0 Å². The molecule has 5 rings (SSSR count). The summed E-state index contributed by atoms with van der Waals surface area (Å²) >= 11 is 0. The van der Waals surface area contributed by atoms with Crippen molar-refractivity contribution in [2.24, 2.45) is 5.73 Å². The summed E-state index contributed by atoms with van der Waals surface area (Å²) in [6.45, 7) is 1.56. The van der Waals surface area contributed by atoms with Crippen LogP contribution in [0.3, 0.4) is 0 Å². The maximum Gasteiger partial charge on any atom is 0.414 e. The van der Waals surface area contributed by atoms with Gasteiger partial charge in [-0.25, -0.2) is 4.79 Å². The van der Waals surface area contributed by atoms with Gasteiger partial charge >= 0.3 is 6.09 Å². The number of amides is 3. The molecule has 1 aromatic heterocycles. The average molecular weight is 549 g/mol. The number of hydrogen-bond donors (Lipinski definition) is 4. The highest BCUT2D eigenvalue weighted by atomic mass is 16.5. The van der Waals surface area contributed by atoms with Crippen molar-refractivity contribution in [3.8, 4) is 0 Å². The fourth-order valence-electron chi connectivity index (χ4n) is 5.01. The molecule has 0 bridgehead atoms. The van der Waals surface area contributed by atoms with Gasteiger partial charge in [-0.2, -0.15) is 0 Å². The van der Waals surface area contributed by atoms with Gasteiger partial charge in [0.1, 0.15) is 12.1 Å². The standard InChI is InChI=1S/C33H32N4O4/c1-33(19-22-10-3-2-4-11-22,37-30(38)28(34)18-25-20-35-29-17-8-7-16-27(25)29)31(39)36-32(40)41-21-24-14-9-13-23-12-5-6-15-26(23)24/h2-17,20,28,35H,18-19,21,34H2,1H3,(H,37,38)(H,36,39,40)/t28-,33-/m0/s1. The number of rotatable bonds is 9. The summed E-state index contributed by atoms with van der Waals surface area (Å²) in [7, 11) is 0. The van der Waals surface area contributed by atoms with Crippen LogP contribution in [0.2, 0.25) is 0 Å². The third kappa shape index (κ3) is 6.45. The molecule has 0 radical (unpaired) electrons. The molecule has 5 N–H and O–H groups in total. The summed E-state index contributed by atoms with van der Waals surface area (Å²) in [6.07, 6.45) is 1.34. The first kappa shape index (κ1) is 27.6. The SMILES string of the molecule is C[C@@](Cc1ccccc1)(NC(=O)[C@@H](N)Cc1c[nH]c2ccccc12)C(=O)NC(=O)OCc1cccc2ccccc12. The number of ether oxygens (including phenoxy) is 1. The first-order valence-corrected chi connectivity index (χ1v) is 13.4. The van der Waals surface area contributed by atoms with E-state index in [9.17, 15) is 14.4 Å². The number of nitrogens with one attached hydrogen (secondary N) is 3. The van der Waals surface area contributed by atoms with Gasteiger partial charge in [0.2, 0.25) is 5.91 Å². The Morgan fingerprint density at radius 3 is 2.34 bits per heavy atom. The lowest BCUT2D eigenvalue weighted by molar-refractivity contribution is -0.133. The van der Waals surface area contributed by atoms with E-state index in [2.05, 4.69) is 15.6 Å². The van der Waals surface area contributed by atoms with E-state index in [4.69, 9.17) is 10.5 Å². The van der Waals surface area contributed by atoms with Gasteiger partial charge in [0.25, 0.3) is 5.91 Å². The van der Waals surface area contributed by atoms with Crippen molar-refractivity contribution in [2.45, 2.75) is 38.0 Å². The molecule has 8 heteroatoms. The first-order valence-electron chi connectivity index (χ1n) is 13.4. The van der Waals surface area contributed by atoms with Gasteiger partial charge in [-0.15, -0.1) is 0 Å². The van der Waals surface area contributed by atoms with Crippen LogP contribution in [-0.4, -0.2) is 34.5 Å². The van der Waals surface area contributed by atoms with Crippen LogP contribution in [0.1, 0.15) is 23.6 Å². The normalized spacial score (nSPS) is 13.3. The zero-order chi connectivity index (χ0) is 28.8. The lowest BCUT2D eigenvalue weighted by atomic mass is 9.91. The molecule has 2 atom stereocenters. The summed E-state index contributed by atoms with van der Waals surface area (Å²) < 4.78 is 5.40. The van der Waals surface area contributed by atoms with Crippen molar-refractivity contribution in [3.05, 3.63) is 120 Å². The van der Waals surface area contributed by atoms with Gasteiger partial charge in [-0.1, -0.05) is 91.0 Å². The molecule has 0 aliphatic carbocycles. The summed E-state index contributed by atoms with van der Waals surface area (Å²) in [4.78, 5) is 42.7. The van der Waals surface area contributed by atoms with E-state index >= 15 is 0 Å². The van der Waals surface area contributed by atoms with Crippen LogP contribution < -0.4 is 16.4 Å². The molecule has 0 saturated carbocycles. The Morgan fingerprint density at radius 1 is 0.854 bits per heavy atom. The Labute approximate surface area is 237 Å². The second-order valence-electron chi connectivity index (χ2n) is 10.3. The van der Waals surface area contributed by atoms with Crippen LogP contribution in [0.15, 0.2) is 103 Å². The molecule has 0 aliphatic rings. The van der Waals surface area contributed by atoms with Crippen molar-refractivity contribution in [1.82, 2.24) is 15.6 Å². The van der Waals surface area contributed by atoms with Gasteiger partial charge in [-0.3, -0.25) is 14.9 Å². The maximum atomic E-state index is 13.5. The number of benzene rings is 4. The van der Waals surface area contributed by atoms with Crippen LogP contribution in [-0.2, 0) is 33.8 Å². The number of para-hydroxylation sites is 1. The fraction of sp³-hybridized carbons (Fsp3) is 0.182. The van der Waals surface area contributed by atoms with E-state index in [1.165, 1.54) is 0 Å². The molecule has 0 fully saturated rings. The number of aromatic nitrogens is 1. The summed E-state index contributed by atoms with van der Waals surface area (Å²) in [6, 6.07) is 29.6. The van der Waals surface area contributed by atoms with E-state index in [1.807, 2.05) is 103 Å². The van der Waals surface area contributed by atoms with Crippen molar-refractivity contribution >= 4 is 39.6 Å². The largest absolute Gasteiger partial charge is 0.444 e.